The quantitative estimate of drug-likeness (QED) is 0.527. The van der Waals surface area contributed by atoms with Crippen LogP contribution in [0.4, 0.5) is 5.69 Å². The minimum absolute atomic E-state index is 0.149. The van der Waals surface area contributed by atoms with Crippen molar-refractivity contribution in [2.24, 2.45) is 0 Å². The molecule has 4 rings (SSSR count). The van der Waals surface area contributed by atoms with Gasteiger partial charge in [-0.3, -0.25) is 4.79 Å². The number of phenols is 1. The second-order valence-electron chi connectivity index (χ2n) is 6.13. The first-order chi connectivity index (χ1) is 12.1. The molecule has 0 unspecified atom stereocenters. The van der Waals surface area contributed by atoms with Crippen molar-refractivity contribution < 1.29 is 9.90 Å². The van der Waals surface area contributed by atoms with Crippen LogP contribution in [-0.2, 0) is 0 Å². The number of hydrogen-bond acceptors (Lipinski definition) is 2. The molecule has 0 aromatic heterocycles. The first-order valence-electron chi connectivity index (χ1n) is 8.15. The third kappa shape index (κ3) is 2.70. The van der Waals surface area contributed by atoms with E-state index in [4.69, 9.17) is 0 Å². The predicted octanol–water partition coefficient (Wildman–Crippen LogP) is 5.26. The highest BCUT2D eigenvalue weighted by Crippen LogP contribution is 2.28. The van der Waals surface area contributed by atoms with E-state index in [1.54, 1.807) is 12.1 Å². The normalized spacial score (nSPS) is 10.9. The van der Waals surface area contributed by atoms with Gasteiger partial charge >= 0.3 is 0 Å². The summed E-state index contributed by atoms with van der Waals surface area (Å²) in [5.74, 6) is 0.115. The molecule has 0 aliphatic carbocycles. The fourth-order valence-electron chi connectivity index (χ4n) is 3.14. The van der Waals surface area contributed by atoms with Crippen LogP contribution in [0.2, 0.25) is 0 Å². The molecule has 3 nitrogen and oxygen atoms in total. The van der Waals surface area contributed by atoms with E-state index in [-0.39, 0.29) is 11.7 Å². The summed E-state index contributed by atoms with van der Waals surface area (Å²) < 4.78 is 0. The average Bonchev–Trinajstić information content (AvgIpc) is 2.65. The van der Waals surface area contributed by atoms with Gasteiger partial charge in [-0.1, -0.05) is 48.5 Å². The maximum Gasteiger partial charge on any atom is 0.255 e. The molecule has 0 heterocycles. The second kappa shape index (κ2) is 5.95. The fraction of sp³-hybridized carbons (Fsp3) is 0.0455. The van der Waals surface area contributed by atoms with Gasteiger partial charge in [0.25, 0.3) is 5.91 Å². The minimum atomic E-state index is -0.149. The van der Waals surface area contributed by atoms with Crippen LogP contribution in [0.5, 0.6) is 5.75 Å². The number of aryl methyl sites for hydroxylation is 1. The molecule has 0 radical (unpaired) electrons. The summed E-state index contributed by atoms with van der Waals surface area (Å²) in [5, 5.41) is 16.8. The van der Waals surface area contributed by atoms with Crippen LogP contribution >= 0.6 is 0 Å². The molecule has 3 heteroatoms. The average molecular weight is 327 g/mol. The van der Waals surface area contributed by atoms with Gasteiger partial charge in [0.2, 0.25) is 0 Å². The van der Waals surface area contributed by atoms with Gasteiger partial charge in [-0.25, -0.2) is 0 Å². The van der Waals surface area contributed by atoms with Crippen LogP contribution in [0, 0.1) is 6.92 Å². The third-order valence-corrected chi connectivity index (χ3v) is 4.56. The van der Waals surface area contributed by atoms with Crippen LogP contribution in [0.15, 0.2) is 72.8 Å². The molecule has 1 amide bonds. The number of aromatic hydroxyl groups is 1. The van der Waals surface area contributed by atoms with Crippen molar-refractivity contribution in [1.82, 2.24) is 0 Å². The van der Waals surface area contributed by atoms with Gasteiger partial charge in [0.05, 0.1) is 0 Å². The van der Waals surface area contributed by atoms with Crippen molar-refractivity contribution >= 4 is 33.1 Å². The van der Waals surface area contributed by atoms with Gasteiger partial charge in [-0.15, -0.1) is 0 Å². The Morgan fingerprint density at radius 1 is 0.840 bits per heavy atom. The number of rotatable bonds is 2. The lowest BCUT2D eigenvalue weighted by Gasteiger charge is -2.10. The van der Waals surface area contributed by atoms with Crippen LogP contribution in [0.3, 0.4) is 0 Å². The Hall–Kier alpha value is -3.33. The number of carbonyl (C=O) groups is 1. The van der Waals surface area contributed by atoms with Crippen molar-refractivity contribution in [2.75, 3.05) is 5.32 Å². The molecule has 0 atom stereocenters. The van der Waals surface area contributed by atoms with E-state index in [1.807, 2.05) is 67.6 Å². The molecule has 0 saturated heterocycles. The Balaban J connectivity index is 1.71. The topological polar surface area (TPSA) is 49.3 Å². The molecular formula is C22H17NO2. The molecule has 0 aliphatic rings. The molecule has 0 saturated carbocycles. The zero-order valence-corrected chi connectivity index (χ0v) is 13.8. The Bertz CT molecular complexity index is 1110. The lowest BCUT2D eigenvalue weighted by atomic mass is 10.0. The minimum Gasteiger partial charge on any atom is -0.508 e. The number of anilines is 1. The van der Waals surface area contributed by atoms with Gasteiger partial charge in [0.1, 0.15) is 5.75 Å². The highest BCUT2D eigenvalue weighted by Gasteiger charge is 2.10. The summed E-state index contributed by atoms with van der Waals surface area (Å²) in [6.45, 7) is 1.87. The Labute approximate surface area is 145 Å². The fourth-order valence-corrected chi connectivity index (χ4v) is 3.14. The first kappa shape index (κ1) is 15.2. The van der Waals surface area contributed by atoms with Crippen molar-refractivity contribution in [3.8, 4) is 5.75 Å². The second-order valence-corrected chi connectivity index (χ2v) is 6.13. The van der Waals surface area contributed by atoms with E-state index >= 15 is 0 Å². The lowest BCUT2D eigenvalue weighted by Crippen LogP contribution is -2.12. The number of carbonyl (C=O) groups excluding carboxylic acids is 1. The number of hydrogen-bond donors (Lipinski definition) is 2. The summed E-state index contributed by atoms with van der Waals surface area (Å²) in [6.07, 6.45) is 0. The molecule has 122 valence electrons. The molecule has 25 heavy (non-hydrogen) atoms. The van der Waals surface area contributed by atoms with Crippen LogP contribution in [0.1, 0.15) is 15.9 Å². The standard InChI is InChI=1S/C22H17NO2/c1-14-18-11-9-17(13-16(18)10-12-21(14)24)22(25)23-20-8-4-6-15-5-2-3-7-19(15)20/h2-13,24H,1H3,(H,23,25). The number of fused-ring (bicyclic) bond motifs is 2. The van der Waals surface area contributed by atoms with Crippen molar-refractivity contribution in [3.05, 3.63) is 83.9 Å². The zero-order chi connectivity index (χ0) is 17.4. The van der Waals surface area contributed by atoms with Gasteiger partial charge in [-0.05, 0) is 52.9 Å². The van der Waals surface area contributed by atoms with E-state index in [2.05, 4.69) is 5.32 Å². The molecule has 0 aliphatic heterocycles. The Kier molecular flexibility index (Phi) is 3.62. The van der Waals surface area contributed by atoms with Crippen molar-refractivity contribution in [3.63, 3.8) is 0 Å². The smallest absolute Gasteiger partial charge is 0.255 e. The number of benzene rings is 4. The maximum absolute atomic E-state index is 12.7. The molecule has 0 spiro atoms. The van der Waals surface area contributed by atoms with Gasteiger partial charge < -0.3 is 10.4 Å². The van der Waals surface area contributed by atoms with E-state index < -0.39 is 0 Å². The predicted molar refractivity (Wildman–Crippen MR) is 102 cm³/mol. The Morgan fingerprint density at radius 2 is 1.64 bits per heavy atom. The summed E-state index contributed by atoms with van der Waals surface area (Å²) >= 11 is 0. The largest absolute Gasteiger partial charge is 0.508 e. The van der Waals surface area contributed by atoms with E-state index in [0.29, 0.717) is 5.56 Å². The monoisotopic (exact) mass is 327 g/mol. The molecule has 0 fully saturated rings. The van der Waals surface area contributed by atoms with Crippen LogP contribution < -0.4 is 5.32 Å². The van der Waals surface area contributed by atoms with Crippen molar-refractivity contribution in [1.29, 1.82) is 0 Å². The number of nitrogens with one attached hydrogen (secondary N) is 1. The summed E-state index contributed by atoms with van der Waals surface area (Å²) in [6, 6.07) is 22.8. The van der Waals surface area contributed by atoms with E-state index in [1.165, 1.54) is 0 Å². The van der Waals surface area contributed by atoms with Gasteiger partial charge in [0.15, 0.2) is 0 Å². The summed E-state index contributed by atoms with van der Waals surface area (Å²) in [5.41, 5.74) is 2.20. The highest BCUT2D eigenvalue weighted by atomic mass is 16.3. The maximum atomic E-state index is 12.7. The number of phenolic OH excluding ortho intramolecular Hbond substituents is 1. The molecule has 4 aromatic carbocycles. The van der Waals surface area contributed by atoms with E-state index in [0.717, 1.165) is 32.8 Å². The van der Waals surface area contributed by atoms with Crippen LogP contribution in [0.25, 0.3) is 21.5 Å². The van der Waals surface area contributed by atoms with Crippen molar-refractivity contribution in [2.45, 2.75) is 6.92 Å². The van der Waals surface area contributed by atoms with Gasteiger partial charge in [0, 0.05) is 16.6 Å². The molecule has 4 aromatic rings. The molecule has 0 bridgehead atoms. The number of amides is 1. The molecular weight excluding hydrogens is 310 g/mol. The van der Waals surface area contributed by atoms with Crippen LogP contribution in [-0.4, -0.2) is 11.0 Å². The van der Waals surface area contributed by atoms with Gasteiger partial charge in [-0.2, -0.15) is 0 Å². The summed E-state index contributed by atoms with van der Waals surface area (Å²) in [7, 11) is 0. The first-order valence-corrected chi connectivity index (χ1v) is 8.15. The lowest BCUT2D eigenvalue weighted by molar-refractivity contribution is 0.102. The summed E-state index contributed by atoms with van der Waals surface area (Å²) in [4.78, 5) is 12.7. The van der Waals surface area contributed by atoms with E-state index in [9.17, 15) is 9.90 Å². The zero-order valence-electron chi connectivity index (χ0n) is 13.8. The SMILES string of the molecule is Cc1c(O)ccc2cc(C(=O)Nc3cccc4ccccc34)ccc12. The third-order valence-electron chi connectivity index (χ3n) is 4.56. The highest BCUT2D eigenvalue weighted by molar-refractivity contribution is 6.10. The molecule has 2 N–H and O–H groups in total. The Morgan fingerprint density at radius 3 is 2.52 bits per heavy atom.